The lowest BCUT2D eigenvalue weighted by Crippen LogP contribution is -2.41. The third-order valence-electron chi connectivity index (χ3n) is 4.63. The predicted molar refractivity (Wildman–Crippen MR) is 84.2 cm³/mol. The van der Waals surface area contributed by atoms with Crippen LogP contribution in [-0.4, -0.2) is 30.0 Å². The fourth-order valence-electron chi connectivity index (χ4n) is 3.04. The van der Waals surface area contributed by atoms with E-state index in [1.54, 1.807) is 4.90 Å². The molecule has 1 aliphatic heterocycles. The third kappa shape index (κ3) is 4.02. The highest BCUT2D eigenvalue weighted by molar-refractivity contribution is 5.79. The second-order valence-corrected chi connectivity index (χ2v) is 6.50. The molecule has 0 spiro atoms. The number of rotatable bonds is 4. The summed E-state index contributed by atoms with van der Waals surface area (Å²) in [6.07, 6.45) is -1.57. The highest BCUT2D eigenvalue weighted by atomic mass is 19.4. The molecule has 0 radical (unpaired) electrons. The summed E-state index contributed by atoms with van der Waals surface area (Å²) in [7, 11) is 0. The van der Waals surface area contributed by atoms with Crippen molar-refractivity contribution in [3.05, 3.63) is 33.9 Å². The highest BCUT2D eigenvalue weighted by Crippen LogP contribution is 2.37. The van der Waals surface area contributed by atoms with Gasteiger partial charge in [-0.05, 0) is 37.8 Å². The fraction of sp³-hybridized carbons (Fsp3) is 0.562. The van der Waals surface area contributed by atoms with Crippen LogP contribution in [0.5, 0.6) is 0 Å². The molecule has 1 amide bonds. The molecule has 1 aliphatic carbocycles. The monoisotopic (exact) mass is 357 g/mol. The number of carbonyl (C=O) groups is 1. The van der Waals surface area contributed by atoms with E-state index in [-0.39, 0.29) is 23.6 Å². The molecular weight excluding hydrogens is 339 g/mol. The van der Waals surface area contributed by atoms with Crippen LogP contribution in [0.1, 0.15) is 31.2 Å². The normalized spacial score (nSPS) is 18.9. The Morgan fingerprint density at radius 1 is 1.20 bits per heavy atom. The van der Waals surface area contributed by atoms with Crippen molar-refractivity contribution in [1.82, 2.24) is 5.32 Å². The Morgan fingerprint density at radius 3 is 2.36 bits per heavy atom. The number of hydrogen-bond donors (Lipinski definition) is 1. The summed E-state index contributed by atoms with van der Waals surface area (Å²) < 4.78 is 38.3. The van der Waals surface area contributed by atoms with Gasteiger partial charge in [0, 0.05) is 31.1 Å². The van der Waals surface area contributed by atoms with E-state index in [4.69, 9.17) is 0 Å². The zero-order valence-corrected chi connectivity index (χ0v) is 13.4. The summed E-state index contributed by atoms with van der Waals surface area (Å²) in [5.74, 6) is -0.144. The van der Waals surface area contributed by atoms with Crippen molar-refractivity contribution in [1.29, 1.82) is 0 Å². The third-order valence-corrected chi connectivity index (χ3v) is 4.63. The second-order valence-electron chi connectivity index (χ2n) is 6.50. The van der Waals surface area contributed by atoms with E-state index in [2.05, 4.69) is 5.32 Å². The second kappa shape index (κ2) is 6.53. The molecule has 136 valence electrons. The smallest absolute Gasteiger partial charge is 0.366 e. The standard InChI is InChI=1S/C16H18F3N3O3/c17-16(18,19)11-1-4-13(14(9-11)22(24)25)21-7-5-10(6-8-21)15(23)20-12-2-3-12/h1,4,9-10,12H,2-3,5-8H2,(H,20,23). The number of amides is 1. The van der Waals surface area contributed by atoms with Crippen LogP contribution >= 0.6 is 0 Å². The molecule has 2 fully saturated rings. The summed E-state index contributed by atoms with van der Waals surface area (Å²) in [6, 6.07) is 2.85. The molecule has 6 nitrogen and oxygen atoms in total. The van der Waals surface area contributed by atoms with E-state index in [1.165, 1.54) is 0 Å². The quantitative estimate of drug-likeness (QED) is 0.664. The highest BCUT2D eigenvalue weighted by Gasteiger charge is 2.35. The molecule has 3 rings (SSSR count). The first-order valence-electron chi connectivity index (χ1n) is 8.16. The van der Waals surface area contributed by atoms with E-state index in [9.17, 15) is 28.1 Å². The van der Waals surface area contributed by atoms with Crippen LogP contribution in [0.25, 0.3) is 0 Å². The first kappa shape index (κ1) is 17.5. The zero-order valence-electron chi connectivity index (χ0n) is 13.4. The first-order chi connectivity index (χ1) is 11.8. The van der Waals surface area contributed by atoms with Crippen LogP contribution in [0, 0.1) is 16.0 Å². The summed E-state index contributed by atoms with van der Waals surface area (Å²) >= 11 is 0. The van der Waals surface area contributed by atoms with Crippen molar-refractivity contribution in [2.45, 2.75) is 37.9 Å². The Hall–Kier alpha value is -2.32. The van der Waals surface area contributed by atoms with Gasteiger partial charge in [0.15, 0.2) is 0 Å². The van der Waals surface area contributed by atoms with Crippen LogP contribution in [0.4, 0.5) is 24.5 Å². The summed E-state index contributed by atoms with van der Waals surface area (Å²) in [5.41, 5.74) is -1.43. The molecule has 1 saturated carbocycles. The molecule has 0 bridgehead atoms. The van der Waals surface area contributed by atoms with Crippen molar-refractivity contribution in [3.8, 4) is 0 Å². The molecule has 1 heterocycles. The van der Waals surface area contributed by atoms with E-state index in [1.807, 2.05) is 0 Å². The molecule has 0 unspecified atom stereocenters. The van der Waals surface area contributed by atoms with Crippen molar-refractivity contribution in [3.63, 3.8) is 0 Å². The van der Waals surface area contributed by atoms with Crippen LogP contribution in [0.15, 0.2) is 18.2 Å². The Morgan fingerprint density at radius 2 is 1.84 bits per heavy atom. The van der Waals surface area contributed by atoms with Gasteiger partial charge in [-0.1, -0.05) is 0 Å². The van der Waals surface area contributed by atoms with Gasteiger partial charge in [-0.3, -0.25) is 14.9 Å². The minimum absolute atomic E-state index is 0.00377. The zero-order chi connectivity index (χ0) is 18.2. The number of nitrogens with zero attached hydrogens (tertiary/aromatic N) is 2. The first-order valence-corrected chi connectivity index (χ1v) is 8.16. The van der Waals surface area contributed by atoms with Crippen LogP contribution in [0.3, 0.4) is 0 Å². The molecule has 1 N–H and O–H groups in total. The molecule has 25 heavy (non-hydrogen) atoms. The van der Waals surface area contributed by atoms with E-state index in [0.29, 0.717) is 32.0 Å². The average molecular weight is 357 g/mol. The molecule has 1 aromatic carbocycles. The number of hydrogen-bond acceptors (Lipinski definition) is 4. The fourth-order valence-corrected chi connectivity index (χ4v) is 3.04. The number of benzene rings is 1. The lowest BCUT2D eigenvalue weighted by atomic mass is 9.95. The Labute approximate surface area is 142 Å². The lowest BCUT2D eigenvalue weighted by Gasteiger charge is -2.32. The molecule has 0 aromatic heterocycles. The summed E-state index contributed by atoms with van der Waals surface area (Å²) in [5, 5.41) is 14.1. The van der Waals surface area contributed by atoms with E-state index >= 15 is 0 Å². The molecule has 1 saturated heterocycles. The van der Waals surface area contributed by atoms with Gasteiger partial charge < -0.3 is 10.2 Å². The number of nitro benzene ring substituents is 1. The maximum atomic E-state index is 12.8. The van der Waals surface area contributed by atoms with Gasteiger partial charge in [0.2, 0.25) is 5.91 Å². The molecule has 9 heteroatoms. The van der Waals surface area contributed by atoms with Crippen molar-refractivity contribution in [2.24, 2.45) is 5.92 Å². The number of halogens is 3. The van der Waals surface area contributed by atoms with Gasteiger partial charge in [0.1, 0.15) is 5.69 Å². The molecule has 0 atom stereocenters. The van der Waals surface area contributed by atoms with Gasteiger partial charge in [-0.15, -0.1) is 0 Å². The van der Waals surface area contributed by atoms with Crippen molar-refractivity contribution in [2.75, 3.05) is 18.0 Å². The minimum Gasteiger partial charge on any atom is -0.366 e. The average Bonchev–Trinajstić information content (AvgIpc) is 3.37. The number of alkyl halides is 3. The number of anilines is 1. The van der Waals surface area contributed by atoms with E-state index in [0.717, 1.165) is 25.0 Å². The maximum Gasteiger partial charge on any atom is 0.416 e. The van der Waals surface area contributed by atoms with Gasteiger partial charge in [-0.25, -0.2) is 0 Å². The summed E-state index contributed by atoms with van der Waals surface area (Å²) in [6.45, 7) is 0.796. The Kier molecular flexibility index (Phi) is 4.57. The minimum atomic E-state index is -4.63. The van der Waals surface area contributed by atoms with Crippen molar-refractivity contribution < 1.29 is 22.9 Å². The molecule has 1 aromatic rings. The molecular formula is C16H18F3N3O3. The van der Waals surface area contributed by atoms with Crippen LogP contribution in [-0.2, 0) is 11.0 Å². The van der Waals surface area contributed by atoms with Crippen LogP contribution in [0.2, 0.25) is 0 Å². The van der Waals surface area contributed by atoms with Crippen LogP contribution < -0.4 is 10.2 Å². The van der Waals surface area contributed by atoms with Gasteiger partial charge in [0.25, 0.3) is 5.69 Å². The van der Waals surface area contributed by atoms with Gasteiger partial charge in [-0.2, -0.15) is 13.2 Å². The number of piperidine rings is 1. The van der Waals surface area contributed by atoms with Gasteiger partial charge >= 0.3 is 6.18 Å². The maximum absolute atomic E-state index is 12.8. The number of nitrogens with one attached hydrogen (secondary N) is 1. The van der Waals surface area contributed by atoms with Gasteiger partial charge in [0.05, 0.1) is 10.5 Å². The Balaban J connectivity index is 1.71. The SMILES string of the molecule is O=C(NC1CC1)C1CCN(c2ccc(C(F)(F)F)cc2[N+](=O)[O-])CC1. The van der Waals surface area contributed by atoms with Crippen molar-refractivity contribution >= 4 is 17.3 Å². The lowest BCUT2D eigenvalue weighted by molar-refractivity contribution is -0.384. The number of nitro groups is 1. The predicted octanol–water partition coefficient (Wildman–Crippen LogP) is 3.11. The largest absolute Gasteiger partial charge is 0.416 e. The Bertz CT molecular complexity index is 681. The topological polar surface area (TPSA) is 75.5 Å². The summed E-state index contributed by atoms with van der Waals surface area (Å²) in [4.78, 5) is 24.1. The molecule has 2 aliphatic rings. The van der Waals surface area contributed by atoms with E-state index < -0.39 is 22.4 Å². The number of carbonyl (C=O) groups excluding carboxylic acids is 1.